The van der Waals surface area contributed by atoms with Gasteiger partial charge in [-0.05, 0) is 40.0 Å². The van der Waals surface area contributed by atoms with Crippen LogP contribution < -0.4 is 5.48 Å². The maximum atomic E-state index is 12.2. The lowest BCUT2D eigenvalue weighted by atomic mass is 9.99. The molecule has 1 fully saturated rings. The van der Waals surface area contributed by atoms with Crippen LogP contribution in [0.1, 0.15) is 53.4 Å². The van der Waals surface area contributed by atoms with Crippen LogP contribution in [-0.2, 0) is 14.4 Å². The van der Waals surface area contributed by atoms with E-state index in [-0.39, 0.29) is 12.6 Å². The van der Waals surface area contributed by atoms with Gasteiger partial charge in [0.2, 0.25) is 0 Å². The molecule has 1 aliphatic heterocycles. The summed E-state index contributed by atoms with van der Waals surface area (Å²) in [5.74, 6) is -1.00. The van der Waals surface area contributed by atoms with Crippen molar-refractivity contribution in [3.05, 3.63) is 0 Å². The summed E-state index contributed by atoms with van der Waals surface area (Å²) in [6, 6.07) is -0.927. The molecular weight excluding hydrogens is 288 g/mol. The van der Waals surface area contributed by atoms with E-state index in [1.165, 1.54) is 4.90 Å². The topological polar surface area (TPSA) is 88.1 Å². The van der Waals surface area contributed by atoms with Gasteiger partial charge in [0, 0.05) is 6.54 Å². The van der Waals surface area contributed by atoms with E-state index >= 15 is 0 Å². The van der Waals surface area contributed by atoms with Gasteiger partial charge in [0.1, 0.15) is 11.6 Å². The SMILES string of the molecule is CCCCON[C@@H]1CC[C@@H](C(=O)O)N(C(=O)OC(C)(C)C)C1. The number of carbonyl (C=O) groups excluding carboxylic acids is 1. The third-order valence-corrected chi connectivity index (χ3v) is 3.34. The number of carboxylic acids is 1. The first-order chi connectivity index (χ1) is 10.2. The van der Waals surface area contributed by atoms with Crippen molar-refractivity contribution in [1.82, 2.24) is 10.4 Å². The summed E-state index contributed by atoms with van der Waals surface area (Å²) in [5, 5.41) is 9.29. The van der Waals surface area contributed by atoms with Gasteiger partial charge in [0.05, 0.1) is 12.6 Å². The molecule has 2 N–H and O–H groups in total. The molecule has 0 unspecified atom stereocenters. The Labute approximate surface area is 131 Å². The van der Waals surface area contributed by atoms with E-state index in [1.54, 1.807) is 20.8 Å². The largest absolute Gasteiger partial charge is 0.480 e. The van der Waals surface area contributed by atoms with Gasteiger partial charge in [0.15, 0.2) is 0 Å². The Morgan fingerprint density at radius 3 is 2.55 bits per heavy atom. The number of amides is 1. The predicted octanol–water partition coefficient (Wildman–Crippen LogP) is 2.16. The first-order valence-corrected chi connectivity index (χ1v) is 7.84. The highest BCUT2D eigenvalue weighted by atomic mass is 16.6. The lowest BCUT2D eigenvalue weighted by Crippen LogP contribution is -2.56. The number of carbonyl (C=O) groups is 2. The highest BCUT2D eigenvalue weighted by molar-refractivity contribution is 5.80. The van der Waals surface area contributed by atoms with Crippen LogP contribution in [0.25, 0.3) is 0 Å². The zero-order valence-corrected chi connectivity index (χ0v) is 13.9. The second kappa shape index (κ2) is 8.33. The Morgan fingerprint density at radius 1 is 1.32 bits per heavy atom. The Hall–Kier alpha value is -1.34. The first kappa shape index (κ1) is 18.7. The van der Waals surface area contributed by atoms with E-state index in [9.17, 15) is 14.7 Å². The fraction of sp³-hybridized carbons (Fsp3) is 0.867. The monoisotopic (exact) mass is 316 g/mol. The number of likely N-dealkylation sites (tertiary alicyclic amines) is 1. The van der Waals surface area contributed by atoms with Crippen LogP contribution in [0, 0.1) is 0 Å². The van der Waals surface area contributed by atoms with Gasteiger partial charge in [-0.1, -0.05) is 13.3 Å². The zero-order chi connectivity index (χ0) is 16.8. The molecule has 7 heteroatoms. The number of nitrogens with one attached hydrogen (secondary N) is 1. The number of hydrogen-bond donors (Lipinski definition) is 2. The number of aliphatic carboxylic acids is 1. The van der Waals surface area contributed by atoms with E-state index in [2.05, 4.69) is 12.4 Å². The number of ether oxygens (including phenoxy) is 1. The van der Waals surface area contributed by atoms with Crippen molar-refractivity contribution < 1.29 is 24.3 Å². The fourth-order valence-corrected chi connectivity index (χ4v) is 2.24. The maximum Gasteiger partial charge on any atom is 0.411 e. The summed E-state index contributed by atoms with van der Waals surface area (Å²) in [5.41, 5.74) is 2.27. The van der Waals surface area contributed by atoms with Crippen LogP contribution in [0.5, 0.6) is 0 Å². The molecule has 1 saturated heterocycles. The number of carboxylic acid groups (broad SMARTS) is 1. The van der Waals surface area contributed by atoms with Crippen LogP contribution in [0.4, 0.5) is 4.79 Å². The summed E-state index contributed by atoms with van der Waals surface area (Å²) in [7, 11) is 0. The number of hydrogen-bond acceptors (Lipinski definition) is 5. The number of nitrogens with zero attached hydrogens (tertiary/aromatic N) is 1. The van der Waals surface area contributed by atoms with Gasteiger partial charge in [-0.3, -0.25) is 4.90 Å². The van der Waals surface area contributed by atoms with E-state index in [1.807, 2.05) is 0 Å². The summed E-state index contributed by atoms with van der Waals surface area (Å²) >= 11 is 0. The molecule has 22 heavy (non-hydrogen) atoms. The van der Waals surface area contributed by atoms with Gasteiger partial charge in [0.25, 0.3) is 0 Å². The van der Waals surface area contributed by atoms with Crippen molar-refractivity contribution in [3.8, 4) is 0 Å². The van der Waals surface area contributed by atoms with Crippen molar-refractivity contribution >= 4 is 12.1 Å². The average Bonchev–Trinajstić information content (AvgIpc) is 2.41. The summed E-state index contributed by atoms with van der Waals surface area (Å²) in [4.78, 5) is 30.2. The number of piperidine rings is 1. The van der Waals surface area contributed by atoms with Crippen molar-refractivity contribution in [2.75, 3.05) is 13.2 Å². The lowest BCUT2D eigenvalue weighted by Gasteiger charge is -2.38. The van der Waals surface area contributed by atoms with Gasteiger partial charge in [-0.2, -0.15) is 5.48 Å². The molecule has 1 rings (SSSR count). The molecule has 0 aromatic rings. The number of unbranched alkanes of at least 4 members (excludes halogenated alkanes) is 1. The summed E-state index contributed by atoms with van der Waals surface area (Å²) < 4.78 is 5.30. The quantitative estimate of drug-likeness (QED) is 0.577. The Balaban J connectivity index is 2.62. The smallest absolute Gasteiger partial charge is 0.411 e. The molecule has 1 heterocycles. The van der Waals surface area contributed by atoms with Crippen molar-refractivity contribution in [2.24, 2.45) is 0 Å². The molecule has 1 aliphatic rings. The van der Waals surface area contributed by atoms with Crippen molar-refractivity contribution in [3.63, 3.8) is 0 Å². The van der Waals surface area contributed by atoms with Crippen LogP contribution >= 0.6 is 0 Å². The van der Waals surface area contributed by atoms with E-state index in [4.69, 9.17) is 9.57 Å². The second-order valence-electron chi connectivity index (χ2n) is 6.58. The standard InChI is InChI=1S/C15H28N2O5/c1-5-6-9-21-16-11-7-8-12(13(18)19)17(10-11)14(20)22-15(2,3)4/h11-12,16H,5-10H2,1-4H3,(H,18,19)/t11-,12+/m1/s1. The Kier molecular flexibility index (Phi) is 7.09. The van der Waals surface area contributed by atoms with E-state index in [0.717, 1.165) is 12.8 Å². The van der Waals surface area contributed by atoms with E-state index in [0.29, 0.717) is 19.4 Å². The molecule has 0 aromatic carbocycles. The molecule has 0 aliphatic carbocycles. The highest BCUT2D eigenvalue weighted by Gasteiger charge is 2.38. The molecule has 0 aromatic heterocycles. The van der Waals surface area contributed by atoms with Gasteiger partial charge in [-0.25, -0.2) is 9.59 Å². The molecule has 1 amide bonds. The highest BCUT2D eigenvalue weighted by Crippen LogP contribution is 2.21. The molecule has 0 spiro atoms. The van der Waals surface area contributed by atoms with Crippen LogP contribution in [0.2, 0.25) is 0 Å². The second-order valence-corrected chi connectivity index (χ2v) is 6.58. The molecule has 128 valence electrons. The average molecular weight is 316 g/mol. The molecule has 7 nitrogen and oxygen atoms in total. The van der Waals surface area contributed by atoms with Crippen molar-refractivity contribution in [1.29, 1.82) is 0 Å². The molecular formula is C15H28N2O5. The predicted molar refractivity (Wildman–Crippen MR) is 81.4 cm³/mol. The molecule has 0 saturated carbocycles. The minimum absolute atomic E-state index is 0.0834. The number of rotatable bonds is 6. The Bertz CT molecular complexity index is 381. The van der Waals surface area contributed by atoms with Crippen LogP contribution in [0.15, 0.2) is 0 Å². The van der Waals surface area contributed by atoms with Gasteiger partial charge < -0.3 is 14.7 Å². The maximum absolute atomic E-state index is 12.2. The van der Waals surface area contributed by atoms with Gasteiger partial charge >= 0.3 is 12.1 Å². The number of hydroxylamine groups is 1. The van der Waals surface area contributed by atoms with Crippen LogP contribution in [0.3, 0.4) is 0 Å². The fourth-order valence-electron chi connectivity index (χ4n) is 2.24. The third-order valence-electron chi connectivity index (χ3n) is 3.34. The minimum atomic E-state index is -1.00. The molecule has 2 atom stereocenters. The van der Waals surface area contributed by atoms with Crippen molar-refractivity contribution in [2.45, 2.75) is 71.1 Å². The molecule has 0 bridgehead atoms. The Morgan fingerprint density at radius 2 is 2.00 bits per heavy atom. The summed E-state index contributed by atoms with van der Waals surface area (Å²) in [6.45, 7) is 8.21. The zero-order valence-electron chi connectivity index (χ0n) is 13.9. The normalized spacial score (nSPS) is 22.5. The summed E-state index contributed by atoms with van der Waals surface area (Å²) in [6.07, 6.45) is 2.41. The lowest BCUT2D eigenvalue weighted by molar-refractivity contribution is -0.145. The van der Waals surface area contributed by atoms with E-state index < -0.39 is 23.7 Å². The first-order valence-electron chi connectivity index (χ1n) is 7.84. The minimum Gasteiger partial charge on any atom is -0.480 e. The third kappa shape index (κ3) is 6.19. The van der Waals surface area contributed by atoms with Crippen LogP contribution in [-0.4, -0.2) is 52.9 Å². The van der Waals surface area contributed by atoms with Gasteiger partial charge in [-0.15, -0.1) is 0 Å². The molecule has 0 radical (unpaired) electrons.